The van der Waals surface area contributed by atoms with Crippen LogP contribution in [0.1, 0.15) is 33.4 Å². The van der Waals surface area contributed by atoms with Crippen LogP contribution < -0.4 is 18.9 Å². The van der Waals surface area contributed by atoms with Crippen LogP contribution in [-0.4, -0.2) is 65.9 Å². The van der Waals surface area contributed by atoms with Gasteiger partial charge in [-0.15, -0.1) is 0 Å². The van der Waals surface area contributed by atoms with E-state index in [1.807, 2.05) is 31.2 Å². The predicted molar refractivity (Wildman–Crippen MR) is 203 cm³/mol. The van der Waals surface area contributed by atoms with Crippen molar-refractivity contribution < 1.29 is 23.7 Å². The number of ether oxygens (including phenoxy) is 4. The number of hydrogen-bond acceptors (Lipinski definition) is 9. The molecule has 1 aliphatic heterocycles. The minimum absolute atomic E-state index is 0.409. The van der Waals surface area contributed by atoms with Crippen LogP contribution in [0.4, 0.5) is 0 Å². The fraction of sp³-hybridized carbons (Fsp3) is 0.262. The van der Waals surface area contributed by atoms with Gasteiger partial charge in [-0.1, -0.05) is 65.7 Å². The first kappa shape index (κ1) is 36.4. The molecule has 2 aromatic heterocycles. The zero-order valence-corrected chi connectivity index (χ0v) is 30.5. The molecule has 3 aromatic carbocycles. The van der Waals surface area contributed by atoms with E-state index >= 15 is 0 Å². The Morgan fingerprint density at radius 2 is 1.44 bits per heavy atom. The van der Waals surface area contributed by atoms with Gasteiger partial charge in [0.25, 0.3) is 0 Å². The summed E-state index contributed by atoms with van der Waals surface area (Å²) in [5, 5.41) is 0.444. The highest BCUT2D eigenvalue weighted by Crippen LogP contribution is 2.36. The first-order valence-corrected chi connectivity index (χ1v) is 17.7. The molecule has 0 radical (unpaired) electrons. The van der Waals surface area contributed by atoms with E-state index in [-0.39, 0.29) is 0 Å². The van der Waals surface area contributed by atoms with Gasteiger partial charge in [0.1, 0.15) is 24.4 Å². The van der Waals surface area contributed by atoms with Gasteiger partial charge < -0.3 is 23.8 Å². The number of nitrogens with zero attached hydrogens (tertiary/aromatic N) is 4. The number of halogens is 1. The normalized spacial score (nSPS) is 13.5. The second-order valence-corrected chi connectivity index (χ2v) is 13.1. The summed E-state index contributed by atoms with van der Waals surface area (Å²) in [7, 11) is 1.59. The Balaban J connectivity index is 0.993. The molecule has 1 saturated heterocycles. The maximum atomic E-state index is 11.8. The van der Waals surface area contributed by atoms with Gasteiger partial charge in [0.15, 0.2) is 5.75 Å². The van der Waals surface area contributed by atoms with Gasteiger partial charge >= 0.3 is 0 Å². The molecule has 1 aliphatic rings. The van der Waals surface area contributed by atoms with E-state index in [9.17, 15) is 4.79 Å². The van der Waals surface area contributed by atoms with Gasteiger partial charge in [0.05, 0.1) is 31.1 Å². The molecule has 0 bridgehead atoms. The summed E-state index contributed by atoms with van der Waals surface area (Å²) >= 11 is 6.79. The lowest BCUT2D eigenvalue weighted by molar-refractivity contribution is -0.104. The summed E-state index contributed by atoms with van der Waals surface area (Å²) in [4.78, 5) is 25.0. The zero-order chi connectivity index (χ0) is 36.3. The molecule has 0 amide bonds. The number of methoxy groups -OCH3 is 1. The Hall–Kier alpha value is -5.38. The zero-order valence-electron chi connectivity index (χ0n) is 29.8. The van der Waals surface area contributed by atoms with Crippen molar-refractivity contribution in [2.45, 2.75) is 33.4 Å². The molecule has 5 aromatic rings. The molecule has 6 rings (SSSR count). The highest BCUT2D eigenvalue weighted by molar-refractivity contribution is 6.32. The maximum absolute atomic E-state index is 11.8. The number of pyridine rings is 2. The number of carbonyl (C=O) groups excluding carboxylic acids is 1. The summed E-state index contributed by atoms with van der Waals surface area (Å²) in [6.07, 6.45) is 6.57. The SMILES string of the molecule is COc1ccc(OCCc2ccc(CN3CCN(C(=CC=O)c4cc(C)c(Oc5ccc(OCc6ccc(C)cc6)cn5)c(Cl)c4)CC3)cc2)cn1. The highest BCUT2D eigenvalue weighted by atomic mass is 35.5. The number of hydrogen-bond donors (Lipinski definition) is 0. The number of aromatic nitrogens is 2. The Bertz CT molecular complexity index is 1920. The van der Waals surface area contributed by atoms with E-state index in [2.05, 4.69) is 75.2 Å². The van der Waals surface area contributed by atoms with Gasteiger partial charge in [0, 0.05) is 63.1 Å². The monoisotopic (exact) mass is 718 g/mol. The van der Waals surface area contributed by atoms with Crippen LogP contribution in [0.15, 0.2) is 103 Å². The molecule has 1 fully saturated rings. The molecule has 9 nitrogen and oxygen atoms in total. The molecule has 10 heteroatoms. The second-order valence-electron chi connectivity index (χ2n) is 12.7. The predicted octanol–water partition coefficient (Wildman–Crippen LogP) is 8.11. The summed E-state index contributed by atoms with van der Waals surface area (Å²) in [6, 6.07) is 28.0. The molecule has 0 saturated carbocycles. The lowest BCUT2D eigenvalue weighted by Gasteiger charge is -2.37. The van der Waals surface area contributed by atoms with E-state index < -0.39 is 0 Å². The molecule has 0 unspecified atom stereocenters. The van der Waals surface area contributed by atoms with Gasteiger partial charge in [-0.3, -0.25) is 9.69 Å². The number of aldehydes is 1. The average Bonchev–Trinajstić information content (AvgIpc) is 3.17. The fourth-order valence-corrected chi connectivity index (χ4v) is 6.31. The fourth-order valence-electron chi connectivity index (χ4n) is 6.00. The molecule has 52 heavy (non-hydrogen) atoms. The van der Waals surface area contributed by atoms with Crippen molar-refractivity contribution in [3.63, 3.8) is 0 Å². The number of aryl methyl sites for hydroxylation is 2. The van der Waals surface area contributed by atoms with Crippen molar-refractivity contribution in [3.8, 4) is 29.0 Å². The van der Waals surface area contributed by atoms with Crippen LogP contribution in [0.2, 0.25) is 5.02 Å². The standard InChI is InChI=1S/C42H43ClN4O5/c1-30-4-6-34(7-5-30)29-51-37-13-15-41(45-27-37)52-42-31(2)24-35(25-38(42)43)39(16-22-48)47-20-18-46(19-21-47)28-33-10-8-32(9-11-33)17-23-50-36-12-14-40(49-3)44-26-36/h4-16,22,24-27H,17-21,23,28-29H2,1-3H3. The highest BCUT2D eigenvalue weighted by Gasteiger charge is 2.22. The third-order valence-corrected chi connectivity index (χ3v) is 9.19. The average molecular weight is 719 g/mol. The van der Waals surface area contributed by atoms with Crippen LogP contribution >= 0.6 is 11.6 Å². The number of carbonyl (C=O) groups is 1. The topological polar surface area (TPSA) is 86.3 Å². The van der Waals surface area contributed by atoms with Crippen molar-refractivity contribution in [1.29, 1.82) is 0 Å². The minimum Gasteiger partial charge on any atom is -0.492 e. The molecule has 3 heterocycles. The van der Waals surface area contributed by atoms with Crippen molar-refractivity contribution in [1.82, 2.24) is 19.8 Å². The Kier molecular flexibility index (Phi) is 12.4. The number of rotatable bonds is 15. The largest absolute Gasteiger partial charge is 0.492 e. The Morgan fingerprint density at radius 3 is 2.08 bits per heavy atom. The van der Waals surface area contributed by atoms with Crippen LogP contribution in [-0.2, 0) is 24.4 Å². The van der Waals surface area contributed by atoms with Gasteiger partial charge in [-0.2, -0.15) is 0 Å². The van der Waals surface area contributed by atoms with Crippen molar-refractivity contribution >= 4 is 23.6 Å². The minimum atomic E-state index is 0.409. The van der Waals surface area contributed by atoms with Crippen molar-refractivity contribution in [2.75, 3.05) is 39.9 Å². The quantitative estimate of drug-likeness (QED) is 0.0787. The summed E-state index contributed by atoms with van der Waals surface area (Å²) in [5.74, 6) is 2.87. The maximum Gasteiger partial charge on any atom is 0.219 e. The lowest BCUT2D eigenvalue weighted by atomic mass is 10.1. The molecule has 268 valence electrons. The molecule has 0 spiro atoms. The molecule has 0 aliphatic carbocycles. The van der Waals surface area contributed by atoms with Crippen molar-refractivity contribution in [3.05, 3.63) is 142 Å². The van der Waals surface area contributed by atoms with Crippen LogP contribution in [0.5, 0.6) is 29.0 Å². The van der Waals surface area contributed by atoms with Crippen LogP contribution in [0.3, 0.4) is 0 Å². The van der Waals surface area contributed by atoms with Gasteiger partial charge in [-0.25, -0.2) is 9.97 Å². The number of allylic oxidation sites excluding steroid dienone is 1. The summed E-state index contributed by atoms with van der Waals surface area (Å²) < 4.78 is 22.9. The third-order valence-electron chi connectivity index (χ3n) is 8.91. The smallest absolute Gasteiger partial charge is 0.219 e. The molecular weight excluding hydrogens is 676 g/mol. The van der Waals surface area contributed by atoms with E-state index in [4.69, 9.17) is 30.5 Å². The van der Waals surface area contributed by atoms with Gasteiger partial charge in [0.2, 0.25) is 11.8 Å². The number of benzene rings is 3. The lowest BCUT2D eigenvalue weighted by Crippen LogP contribution is -2.45. The molecular formula is C42H43ClN4O5. The van der Waals surface area contributed by atoms with Crippen LogP contribution in [0.25, 0.3) is 5.70 Å². The first-order valence-electron chi connectivity index (χ1n) is 17.3. The Labute approximate surface area is 310 Å². The molecule has 0 N–H and O–H groups in total. The van der Waals surface area contributed by atoms with E-state index in [1.54, 1.807) is 37.7 Å². The van der Waals surface area contributed by atoms with Crippen molar-refractivity contribution in [2.24, 2.45) is 0 Å². The first-order chi connectivity index (χ1) is 25.4. The third kappa shape index (κ3) is 9.90. The Morgan fingerprint density at radius 1 is 0.788 bits per heavy atom. The van der Waals surface area contributed by atoms with E-state index in [1.165, 1.54) is 16.7 Å². The molecule has 0 atom stereocenters. The van der Waals surface area contributed by atoms with Gasteiger partial charge in [-0.05, 0) is 65.9 Å². The summed E-state index contributed by atoms with van der Waals surface area (Å²) in [5.41, 5.74) is 7.33. The van der Waals surface area contributed by atoms with E-state index in [0.717, 1.165) is 73.6 Å². The summed E-state index contributed by atoms with van der Waals surface area (Å²) in [6.45, 7) is 9.19. The second kappa shape index (κ2) is 17.7. The van der Waals surface area contributed by atoms with E-state index in [0.29, 0.717) is 41.5 Å². The van der Waals surface area contributed by atoms with Crippen LogP contribution in [0, 0.1) is 13.8 Å². The number of piperazine rings is 1.